The van der Waals surface area contributed by atoms with Crippen molar-refractivity contribution in [3.8, 4) is 5.82 Å². The summed E-state index contributed by atoms with van der Waals surface area (Å²) < 4.78 is 2.26. The van der Waals surface area contributed by atoms with Gasteiger partial charge in [0, 0.05) is 38.5 Å². The van der Waals surface area contributed by atoms with Crippen LogP contribution in [-0.2, 0) is 31.9 Å². The first-order valence-corrected chi connectivity index (χ1v) is 15.7. The van der Waals surface area contributed by atoms with E-state index in [2.05, 4.69) is 168 Å². The van der Waals surface area contributed by atoms with Crippen LogP contribution in [0.25, 0.3) is 27.6 Å². The Morgan fingerprint density at radius 1 is 0.674 bits per heavy atom. The van der Waals surface area contributed by atoms with Gasteiger partial charge in [0.15, 0.2) is 0 Å². The summed E-state index contributed by atoms with van der Waals surface area (Å²) in [5.74, 6) is 0.908. The molecule has 1 aliphatic rings. The van der Waals surface area contributed by atoms with E-state index in [0.717, 1.165) is 45.0 Å². The predicted octanol–water partition coefficient (Wildman–Crippen LogP) is 10.00. The largest absolute Gasteiger partial charge is 0.319 e. The molecule has 1 N–H and O–H groups in total. The molecule has 0 aliphatic carbocycles. The molecule has 7 rings (SSSR count). The Morgan fingerprint density at radius 2 is 1.37 bits per heavy atom. The Kier molecular flexibility index (Phi) is 7.94. The van der Waals surface area contributed by atoms with E-state index in [-0.39, 0.29) is 37.4 Å². The van der Waals surface area contributed by atoms with Gasteiger partial charge in [-0.25, -0.2) is 4.98 Å². The number of hydroxylamine groups is 1. The first-order chi connectivity index (χ1) is 21.3. The summed E-state index contributed by atoms with van der Waals surface area (Å²) in [7, 11) is 0. The molecule has 6 heteroatoms. The fraction of sp³-hybridized carbons (Fsp3) is 0.275. The first kappa shape index (κ1) is 32.0. The van der Waals surface area contributed by atoms with Crippen LogP contribution in [0.15, 0.2) is 97.2 Å². The zero-order chi connectivity index (χ0) is 31.7. The molecular formula is C40H41N4OPt-. The van der Waals surface area contributed by atoms with Crippen molar-refractivity contribution in [1.82, 2.24) is 9.55 Å². The van der Waals surface area contributed by atoms with Crippen molar-refractivity contribution in [1.29, 1.82) is 0 Å². The van der Waals surface area contributed by atoms with Gasteiger partial charge in [-0.2, -0.15) is 46.4 Å². The van der Waals surface area contributed by atoms with Gasteiger partial charge in [-0.1, -0.05) is 70.5 Å². The molecule has 0 radical (unpaired) electrons. The molecule has 5 nitrogen and oxygen atoms in total. The number of aromatic nitrogens is 2. The normalized spacial score (nSPS) is 13.7. The topological polar surface area (TPSA) is 37.1 Å². The number of rotatable bonds is 4. The van der Waals surface area contributed by atoms with Crippen LogP contribution in [0.5, 0.6) is 0 Å². The number of hydrogen-bond donors (Lipinski definition) is 0. The molecule has 0 saturated heterocycles. The van der Waals surface area contributed by atoms with Crippen LogP contribution in [0.3, 0.4) is 0 Å². The average molecular weight is 789 g/mol. The van der Waals surface area contributed by atoms with Crippen LogP contribution in [0.1, 0.15) is 72.1 Å². The van der Waals surface area contributed by atoms with Gasteiger partial charge in [0.1, 0.15) is 22.7 Å². The summed E-state index contributed by atoms with van der Waals surface area (Å²) in [6.07, 6.45) is 1.92. The Labute approximate surface area is 287 Å². The third kappa shape index (κ3) is 5.34. The quantitative estimate of drug-likeness (QED) is 0.132. The summed E-state index contributed by atoms with van der Waals surface area (Å²) in [5, 5.41) is 6.47. The average Bonchev–Trinajstić information content (AvgIpc) is 3.57. The van der Waals surface area contributed by atoms with E-state index < -0.39 is 0 Å². The molecule has 0 atom stereocenters. The van der Waals surface area contributed by atoms with E-state index in [4.69, 9.17) is 9.92 Å². The molecule has 3 heterocycles. The van der Waals surface area contributed by atoms with E-state index in [1.54, 1.807) is 0 Å². The molecule has 0 unspecified atom stereocenters. The Morgan fingerprint density at radius 3 is 2.11 bits per heavy atom. The number of pyridine rings is 1. The van der Waals surface area contributed by atoms with Gasteiger partial charge in [-0.05, 0) is 72.9 Å². The molecule has 0 bridgehead atoms. The zero-order valence-electron chi connectivity index (χ0n) is 27.8. The summed E-state index contributed by atoms with van der Waals surface area (Å²) in [4.78, 5) is 9.91. The minimum absolute atomic E-state index is 0. The first-order valence-electron chi connectivity index (χ1n) is 15.7. The van der Waals surface area contributed by atoms with Crippen molar-refractivity contribution in [2.24, 2.45) is 0 Å². The van der Waals surface area contributed by atoms with E-state index in [0.29, 0.717) is 0 Å². The molecular weight excluding hydrogens is 748 g/mol. The summed E-state index contributed by atoms with van der Waals surface area (Å²) in [6.45, 7) is 17.8. The standard InChI is InChI=1S/C40H40N4O.Pt/c1-38(2,3)27-22-23-41-37(26-27)42-33-17-10-9-16-31(33)32-21-20-29(25-36(32)42)40(7,8)28-14-13-15-30(24-28)43-34-18-11-12-19-35(34)44(45-43)39(4,5)6;/h9-23,26H,1-8H3;/q-2;/p+1. The van der Waals surface area contributed by atoms with Crippen molar-refractivity contribution < 1.29 is 26.0 Å². The number of anilines is 3. The molecule has 46 heavy (non-hydrogen) atoms. The van der Waals surface area contributed by atoms with Crippen LogP contribution in [0.4, 0.5) is 17.1 Å². The van der Waals surface area contributed by atoms with Gasteiger partial charge in [-0.3, -0.25) is 0 Å². The van der Waals surface area contributed by atoms with Gasteiger partial charge >= 0.3 is 0 Å². The molecule has 0 amide bonds. The van der Waals surface area contributed by atoms with Gasteiger partial charge in [0.05, 0.1) is 0 Å². The number of fused-ring (bicyclic) bond motifs is 4. The second-order valence-corrected chi connectivity index (χ2v) is 14.6. The molecule has 0 fully saturated rings. The van der Waals surface area contributed by atoms with Crippen molar-refractivity contribution in [2.45, 2.75) is 71.8 Å². The molecule has 4 aromatic carbocycles. The number of hydrogen-bond acceptors (Lipinski definition) is 3. The smallest absolute Gasteiger partial charge is 0.145 e. The SMILES string of the molecule is CC(C)(C)c1ccnc(-n2c3[c-]c(C(C)(C)c4[c-]c(N5[OH+]N(C(C)(C)C)c6ccccc65)ccc4)ccc3c3ccccc32)c1.[Pt]. The van der Waals surface area contributed by atoms with Crippen molar-refractivity contribution in [3.63, 3.8) is 0 Å². The zero-order valence-corrected chi connectivity index (χ0v) is 30.1. The fourth-order valence-electron chi connectivity index (χ4n) is 6.27. The van der Waals surface area contributed by atoms with E-state index in [9.17, 15) is 0 Å². The van der Waals surface area contributed by atoms with Crippen molar-refractivity contribution >= 4 is 38.9 Å². The van der Waals surface area contributed by atoms with Gasteiger partial charge < -0.3 is 4.57 Å². The third-order valence-electron chi connectivity index (χ3n) is 8.93. The second kappa shape index (κ2) is 11.4. The van der Waals surface area contributed by atoms with E-state index in [1.807, 2.05) is 11.3 Å². The summed E-state index contributed by atoms with van der Waals surface area (Å²) in [5.41, 5.74) is 8.12. The predicted molar refractivity (Wildman–Crippen MR) is 186 cm³/mol. The number of para-hydroxylation sites is 3. The molecule has 0 saturated carbocycles. The summed E-state index contributed by atoms with van der Waals surface area (Å²) in [6, 6.07) is 39.7. The van der Waals surface area contributed by atoms with Crippen LogP contribution < -0.4 is 10.1 Å². The van der Waals surface area contributed by atoms with Crippen LogP contribution in [0.2, 0.25) is 0 Å². The second-order valence-electron chi connectivity index (χ2n) is 14.6. The number of benzene rings is 4. The van der Waals surface area contributed by atoms with Gasteiger partial charge in [0.25, 0.3) is 0 Å². The Balaban J connectivity index is 0.00000372. The molecule has 6 aromatic rings. The maximum atomic E-state index is 5.05. The van der Waals surface area contributed by atoms with Crippen LogP contribution in [-0.4, -0.2) is 20.0 Å². The maximum absolute atomic E-state index is 5.05. The molecule has 238 valence electrons. The maximum Gasteiger partial charge on any atom is 0.145 e. The van der Waals surface area contributed by atoms with Crippen molar-refractivity contribution in [3.05, 3.63) is 126 Å². The molecule has 2 aromatic heterocycles. The minimum Gasteiger partial charge on any atom is -0.319 e. The summed E-state index contributed by atoms with van der Waals surface area (Å²) >= 11 is 0. The van der Waals surface area contributed by atoms with Crippen molar-refractivity contribution in [2.75, 3.05) is 10.1 Å². The monoisotopic (exact) mass is 788 g/mol. The molecule has 0 spiro atoms. The van der Waals surface area contributed by atoms with Gasteiger partial charge in [0.2, 0.25) is 0 Å². The van der Waals surface area contributed by atoms with Crippen LogP contribution in [0, 0.1) is 12.1 Å². The number of nitrogens with zero attached hydrogens (tertiary/aromatic N) is 4. The van der Waals surface area contributed by atoms with Gasteiger partial charge in [-0.15, -0.1) is 27.6 Å². The Hall–Kier alpha value is -3.92. The van der Waals surface area contributed by atoms with E-state index in [1.165, 1.54) is 16.3 Å². The van der Waals surface area contributed by atoms with E-state index >= 15 is 0 Å². The Bertz CT molecular complexity index is 2060. The third-order valence-corrected chi connectivity index (χ3v) is 8.93. The minimum atomic E-state index is -0.380. The van der Waals surface area contributed by atoms with Crippen LogP contribution >= 0.6 is 0 Å². The molecule has 1 aliphatic heterocycles. The fourth-order valence-corrected chi connectivity index (χ4v) is 6.27.